The van der Waals surface area contributed by atoms with Crippen molar-refractivity contribution in [1.82, 2.24) is 0 Å². The Morgan fingerprint density at radius 2 is 0.931 bits per heavy atom. The van der Waals surface area contributed by atoms with Crippen molar-refractivity contribution in [3.05, 3.63) is 109 Å². The van der Waals surface area contributed by atoms with Gasteiger partial charge < -0.3 is 0 Å². The molecule has 2 heteroatoms. The zero-order valence-electron chi connectivity index (χ0n) is 17.3. The largest absolute Gasteiger partial charge is 0.0784 e. The second-order valence-electron chi connectivity index (χ2n) is 8.32. The van der Waals surface area contributed by atoms with Crippen LogP contribution in [0, 0.1) is 0 Å². The molecular formula is C27H27PSi. The molecule has 0 fully saturated rings. The molecule has 4 aromatic carbocycles. The first-order valence-electron chi connectivity index (χ1n) is 10.1. The third-order valence-corrected chi connectivity index (χ3v) is 9.75. The quantitative estimate of drug-likeness (QED) is 0.294. The molecule has 0 aliphatic heterocycles. The molecule has 0 saturated carbocycles. The molecule has 0 unspecified atom stereocenters. The van der Waals surface area contributed by atoms with E-state index in [1.54, 1.807) is 0 Å². The number of benzene rings is 4. The summed E-state index contributed by atoms with van der Waals surface area (Å²) in [5, 5.41) is 5.76. The normalized spacial score (nSPS) is 11.6. The van der Waals surface area contributed by atoms with Crippen LogP contribution in [0.2, 0.25) is 19.6 Å². The maximum absolute atomic E-state index is 2.44. The van der Waals surface area contributed by atoms with Crippen LogP contribution >= 0.6 is 7.92 Å². The fraction of sp³-hybridized carbons (Fsp3) is 0.111. The van der Waals surface area contributed by atoms with Crippen LogP contribution in [0.1, 0.15) is 0 Å². The highest BCUT2D eigenvalue weighted by Crippen LogP contribution is 2.37. The van der Waals surface area contributed by atoms with E-state index in [1.165, 1.54) is 32.2 Å². The third-order valence-electron chi connectivity index (χ3n) is 5.20. The van der Waals surface area contributed by atoms with Crippen molar-refractivity contribution >= 4 is 37.1 Å². The van der Waals surface area contributed by atoms with Gasteiger partial charge in [0.05, 0.1) is 8.07 Å². The number of hydrogen-bond donors (Lipinski definition) is 0. The van der Waals surface area contributed by atoms with E-state index in [2.05, 4.69) is 129 Å². The molecule has 4 aromatic rings. The first-order valence-corrected chi connectivity index (χ1v) is 15.0. The van der Waals surface area contributed by atoms with Gasteiger partial charge in [0.1, 0.15) is 0 Å². The summed E-state index contributed by atoms with van der Waals surface area (Å²) in [5.41, 5.74) is 2.78. The van der Waals surface area contributed by atoms with Crippen LogP contribution in [-0.2, 0) is 0 Å². The highest BCUT2D eigenvalue weighted by molar-refractivity contribution is 7.80. The van der Waals surface area contributed by atoms with Gasteiger partial charge in [0.25, 0.3) is 0 Å². The highest BCUT2D eigenvalue weighted by Gasteiger charge is 2.24. The summed E-state index contributed by atoms with van der Waals surface area (Å²) >= 11 is 0. The predicted molar refractivity (Wildman–Crippen MR) is 134 cm³/mol. The highest BCUT2D eigenvalue weighted by atomic mass is 31.1. The summed E-state index contributed by atoms with van der Waals surface area (Å²) < 4.78 is 0. The Hall–Kier alpha value is -2.47. The van der Waals surface area contributed by atoms with Gasteiger partial charge in [0.2, 0.25) is 0 Å². The van der Waals surface area contributed by atoms with Crippen LogP contribution < -0.4 is 21.1 Å². The van der Waals surface area contributed by atoms with Crippen LogP contribution in [0.25, 0.3) is 11.1 Å². The van der Waals surface area contributed by atoms with Gasteiger partial charge in [-0.05, 0) is 35.0 Å². The van der Waals surface area contributed by atoms with Gasteiger partial charge in [0.15, 0.2) is 0 Å². The Labute approximate surface area is 177 Å². The standard InChI is InChI=1S/C27H27PSi/c1-29(2,3)27-21-13-11-19-25(27)24-18-10-12-20-26(24)28(22-14-6-4-7-15-22)23-16-8-5-9-17-23/h4-21H,1-3H3. The van der Waals surface area contributed by atoms with Crippen molar-refractivity contribution in [2.24, 2.45) is 0 Å². The molecule has 0 nitrogen and oxygen atoms in total. The summed E-state index contributed by atoms with van der Waals surface area (Å²) in [7, 11) is -2.09. The van der Waals surface area contributed by atoms with Crippen molar-refractivity contribution < 1.29 is 0 Å². The zero-order chi connectivity index (χ0) is 20.3. The van der Waals surface area contributed by atoms with Crippen LogP contribution in [0.4, 0.5) is 0 Å². The molecule has 0 radical (unpaired) electrons. The van der Waals surface area contributed by atoms with E-state index >= 15 is 0 Å². The Morgan fingerprint density at radius 1 is 0.483 bits per heavy atom. The van der Waals surface area contributed by atoms with Crippen molar-refractivity contribution in [2.45, 2.75) is 19.6 Å². The lowest BCUT2D eigenvalue weighted by Gasteiger charge is -2.26. The van der Waals surface area contributed by atoms with Crippen LogP contribution in [0.15, 0.2) is 109 Å². The van der Waals surface area contributed by atoms with Crippen molar-refractivity contribution in [2.75, 3.05) is 0 Å². The molecule has 29 heavy (non-hydrogen) atoms. The van der Waals surface area contributed by atoms with Crippen LogP contribution in [0.5, 0.6) is 0 Å². The number of hydrogen-bond acceptors (Lipinski definition) is 0. The molecular weight excluding hydrogens is 383 g/mol. The smallest absolute Gasteiger partial charge is 0.0656 e. The Bertz CT molecular complexity index is 1040. The lowest BCUT2D eigenvalue weighted by atomic mass is 10.1. The van der Waals surface area contributed by atoms with Gasteiger partial charge >= 0.3 is 0 Å². The average molecular weight is 411 g/mol. The number of rotatable bonds is 5. The van der Waals surface area contributed by atoms with E-state index in [0.717, 1.165) is 0 Å². The molecule has 0 aromatic heterocycles. The third kappa shape index (κ3) is 4.27. The van der Waals surface area contributed by atoms with E-state index in [0.29, 0.717) is 0 Å². The molecule has 0 spiro atoms. The van der Waals surface area contributed by atoms with E-state index in [4.69, 9.17) is 0 Å². The summed E-state index contributed by atoms with van der Waals surface area (Å²) in [5.74, 6) is 0. The van der Waals surface area contributed by atoms with E-state index in [-0.39, 0.29) is 0 Å². The van der Waals surface area contributed by atoms with Gasteiger partial charge in [-0.1, -0.05) is 134 Å². The fourth-order valence-corrected chi connectivity index (χ4v) is 7.94. The van der Waals surface area contributed by atoms with Gasteiger partial charge in [-0.25, -0.2) is 0 Å². The summed E-state index contributed by atoms with van der Waals surface area (Å²) in [6.07, 6.45) is 0. The summed E-state index contributed by atoms with van der Waals surface area (Å²) in [6, 6.07) is 40.0. The minimum absolute atomic E-state index is 0.623. The molecule has 4 rings (SSSR count). The molecule has 0 atom stereocenters. The Morgan fingerprint density at radius 3 is 1.48 bits per heavy atom. The van der Waals surface area contributed by atoms with Crippen molar-refractivity contribution in [3.8, 4) is 11.1 Å². The van der Waals surface area contributed by atoms with Gasteiger partial charge in [-0.2, -0.15) is 0 Å². The second-order valence-corrected chi connectivity index (χ2v) is 15.5. The van der Waals surface area contributed by atoms with Crippen LogP contribution in [0.3, 0.4) is 0 Å². The van der Waals surface area contributed by atoms with E-state index < -0.39 is 16.0 Å². The molecule has 0 bridgehead atoms. The van der Waals surface area contributed by atoms with E-state index in [1.807, 2.05) is 0 Å². The first-order chi connectivity index (χ1) is 14.1. The zero-order valence-corrected chi connectivity index (χ0v) is 19.2. The molecule has 144 valence electrons. The maximum Gasteiger partial charge on any atom is 0.0784 e. The minimum atomic E-state index is -1.47. The van der Waals surface area contributed by atoms with Crippen molar-refractivity contribution in [1.29, 1.82) is 0 Å². The van der Waals surface area contributed by atoms with Crippen LogP contribution in [-0.4, -0.2) is 8.07 Å². The summed E-state index contributed by atoms with van der Waals surface area (Å²) in [4.78, 5) is 0. The SMILES string of the molecule is C[Si](C)(C)c1ccccc1-c1ccccc1P(c1ccccc1)c1ccccc1. The molecule has 0 saturated heterocycles. The molecule has 0 aliphatic rings. The van der Waals surface area contributed by atoms with Gasteiger partial charge in [-0.3, -0.25) is 0 Å². The molecule has 0 N–H and O–H groups in total. The topological polar surface area (TPSA) is 0 Å². The van der Waals surface area contributed by atoms with Gasteiger partial charge in [0, 0.05) is 0 Å². The lowest BCUT2D eigenvalue weighted by Crippen LogP contribution is -2.39. The average Bonchev–Trinajstić information content (AvgIpc) is 2.75. The molecule has 0 amide bonds. The maximum atomic E-state index is 2.44. The summed E-state index contributed by atoms with van der Waals surface area (Å²) in [6.45, 7) is 7.31. The minimum Gasteiger partial charge on any atom is -0.0656 e. The molecule has 0 aliphatic carbocycles. The van der Waals surface area contributed by atoms with E-state index in [9.17, 15) is 0 Å². The molecule has 0 heterocycles. The monoisotopic (exact) mass is 410 g/mol. The fourth-order valence-electron chi connectivity index (χ4n) is 3.85. The second kappa shape index (κ2) is 8.49. The predicted octanol–water partition coefficient (Wildman–Crippen LogP) is 5.66. The lowest BCUT2D eigenvalue weighted by molar-refractivity contribution is 1.64. The van der Waals surface area contributed by atoms with Gasteiger partial charge in [-0.15, -0.1) is 0 Å². The first kappa shape index (κ1) is 19.8. The van der Waals surface area contributed by atoms with Crippen molar-refractivity contribution in [3.63, 3.8) is 0 Å². The Kier molecular flexibility index (Phi) is 5.81. The Balaban J connectivity index is 1.97.